The number of hydrogen-bond acceptors (Lipinski definition) is 0. The molecule has 1 nitrogen and oxygen atoms in total. The van der Waals surface area contributed by atoms with Crippen molar-refractivity contribution in [2.24, 2.45) is 0 Å². The highest BCUT2D eigenvalue weighted by molar-refractivity contribution is 7.89. The molecule has 0 fully saturated rings. The van der Waals surface area contributed by atoms with Crippen molar-refractivity contribution in [3.05, 3.63) is 39.3 Å². The molecule has 1 aromatic rings. The summed E-state index contributed by atoms with van der Waals surface area (Å²) in [6.45, 7) is 10.3. The summed E-state index contributed by atoms with van der Waals surface area (Å²) in [5.74, 6) is -0.143. The van der Waals surface area contributed by atoms with E-state index in [1.807, 2.05) is 26.0 Å². The summed E-state index contributed by atoms with van der Waals surface area (Å²) in [6, 6.07) is 5.32. The van der Waals surface area contributed by atoms with Gasteiger partial charge in [0.25, 0.3) is 0 Å². The van der Waals surface area contributed by atoms with Gasteiger partial charge in [-0.3, -0.25) is 0 Å². The van der Waals surface area contributed by atoms with Crippen LogP contribution in [0.4, 0.5) is 4.39 Å². The van der Waals surface area contributed by atoms with Gasteiger partial charge in [-0.25, -0.2) is 4.39 Å². The summed E-state index contributed by atoms with van der Waals surface area (Å²) >= 11 is 1.53. The van der Waals surface area contributed by atoms with E-state index in [4.69, 9.17) is 0 Å². The number of rotatable bonds is 2. The van der Waals surface area contributed by atoms with Crippen molar-refractivity contribution in [3.63, 3.8) is 0 Å². The molecule has 0 bridgehead atoms. The molecule has 94 valence electrons. The fourth-order valence-electron chi connectivity index (χ4n) is 1.48. The normalized spacial score (nSPS) is 13.1. The maximum atomic E-state index is 13.8. The number of benzene rings is 1. The third-order valence-corrected chi connectivity index (χ3v) is 3.26. The molecule has 0 N–H and O–H groups in total. The third kappa shape index (κ3) is 4.45. The zero-order valence-electron chi connectivity index (χ0n) is 11.2. The Balaban J connectivity index is 3.05. The second kappa shape index (κ2) is 5.61. The topological polar surface area (TPSA) is 4.36 Å². The van der Waals surface area contributed by atoms with Gasteiger partial charge >= 0.3 is 6.04 Å². The highest BCUT2D eigenvalue weighted by atomic mass is 32.1. The molecule has 1 rings (SSSR count). The second-order valence-corrected chi connectivity index (χ2v) is 6.88. The first kappa shape index (κ1) is 14.1. The average Bonchev–Trinajstić information content (AvgIpc) is 2.19. The maximum Gasteiger partial charge on any atom is 0.305 e. The zero-order chi connectivity index (χ0) is 13.1. The molecule has 0 heterocycles. The molecule has 0 saturated heterocycles. The van der Waals surface area contributed by atoms with E-state index >= 15 is 0 Å². The highest BCUT2D eigenvalue weighted by Crippen LogP contribution is 2.27. The van der Waals surface area contributed by atoms with Crippen molar-refractivity contribution in [2.75, 3.05) is 0 Å². The Hall–Kier alpha value is -0.920. The smallest absolute Gasteiger partial charge is 0.206 e. The molecule has 0 aliphatic rings. The van der Waals surface area contributed by atoms with E-state index in [0.29, 0.717) is 5.56 Å². The molecule has 0 aromatic heterocycles. The number of aryl methyl sites for hydroxylation is 1. The SMILES string of the molecule is CC[C@H]([N+]#SC(C)(C)C)c1ccc(C)cc1F. The van der Waals surface area contributed by atoms with Crippen LogP contribution < -0.4 is 0 Å². The Labute approximate surface area is 107 Å². The van der Waals surface area contributed by atoms with Crippen molar-refractivity contribution in [1.82, 2.24) is 0 Å². The van der Waals surface area contributed by atoms with E-state index in [0.717, 1.165) is 12.0 Å². The Morgan fingerprint density at radius 2 is 2.00 bits per heavy atom. The zero-order valence-corrected chi connectivity index (χ0v) is 12.1. The van der Waals surface area contributed by atoms with E-state index < -0.39 is 0 Å². The molecule has 1 atom stereocenters. The molecule has 0 amide bonds. The van der Waals surface area contributed by atoms with Crippen LogP contribution in [-0.4, -0.2) is 4.75 Å². The first-order valence-electron chi connectivity index (χ1n) is 5.98. The van der Waals surface area contributed by atoms with Gasteiger partial charge < -0.3 is 0 Å². The molecule has 3 heteroatoms. The number of halogens is 1. The quantitative estimate of drug-likeness (QED) is 0.665. The van der Waals surface area contributed by atoms with Gasteiger partial charge in [0.2, 0.25) is 11.4 Å². The molecular formula is C14H21FNS+. The minimum Gasteiger partial charge on any atom is -0.206 e. The van der Waals surface area contributed by atoms with Gasteiger partial charge in [-0.2, -0.15) is 0 Å². The van der Waals surface area contributed by atoms with Crippen molar-refractivity contribution in [2.45, 2.75) is 51.8 Å². The van der Waals surface area contributed by atoms with Crippen LogP contribution in [0.15, 0.2) is 18.2 Å². The lowest BCUT2D eigenvalue weighted by Gasteiger charge is -2.03. The molecule has 0 spiro atoms. The van der Waals surface area contributed by atoms with Crippen molar-refractivity contribution in [3.8, 4) is 0 Å². The second-order valence-electron chi connectivity index (χ2n) is 5.26. The average molecular weight is 254 g/mol. The van der Waals surface area contributed by atoms with Crippen LogP contribution in [0.1, 0.15) is 51.3 Å². The van der Waals surface area contributed by atoms with E-state index in [1.165, 1.54) is 11.4 Å². The van der Waals surface area contributed by atoms with Gasteiger partial charge in [-0.05, 0) is 45.4 Å². The van der Waals surface area contributed by atoms with Gasteiger partial charge in [-0.1, -0.05) is 17.2 Å². The Morgan fingerprint density at radius 1 is 1.35 bits per heavy atom. The van der Waals surface area contributed by atoms with Crippen LogP contribution in [-0.2, 0) is 0 Å². The van der Waals surface area contributed by atoms with Gasteiger partial charge in [0.05, 0.1) is 5.56 Å². The summed E-state index contributed by atoms with van der Waals surface area (Å²) in [4.78, 5) is 0. The van der Waals surface area contributed by atoms with Crippen LogP contribution in [0, 0.1) is 12.7 Å². The maximum absolute atomic E-state index is 13.8. The molecule has 0 aliphatic carbocycles. The minimum absolute atomic E-state index is 0.0557. The molecule has 17 heavy (non-hydrogen) atoms. The monoisotopic (exact) mass is 254 g/mol. The van der Waals surface area contributed by atoms with E-state index in [2.05, 4.69) is 25.0 Å². The van der Waals surface area contributed by atoms with Gasteiger partial charge in [-0.15, -0.1) is 0 Å². The van der Waals surface area contributed by atoms with Crippen LogP contribution >= 0.6 is 11.4 Å². The Bertz CT molecular complexity index is 452. The molecule has 0 unspecified atom stereocenters. The Kier molecular flexibility index (Phi) is 4.67. The highest BCUT2D eigenvalue weighted by Gasteiger charge is 2.23. The summed E-state index contributed by atoms with van der Waals surface area (Å²) in [7, 11) is 0. The lowest BCUT2D eigenvalue weighted by Crippen LogP contribution is -2.02. The van der Waals surface area contributed by atoms with Gasteiger partial charge in [0.15, 0.2) is 0 Å². The van der Waals surface area contributed by atoms with Crippen LogP contribution in [0.5, 0.6) is 0 Å². The lowest BCUT2D eigenvalue weighted by molar-refractivity contribution is 0.594. The first-order chi connectivity index (χ1) is 7.83. The van der Waals surface area contributed by atoms with Crippen LogP contribution in [0.3, 0.4) is 0 Å². The van der Waals surface area contributed by atoms with E-state index in [-0.39, 0.29) is 16.6 Å². The van der Waals surface area contributed by atoms with Crippen LogP contribution in [0.25, 0.3) is 4.19 Å². The summed E-state index contributed by atoms with van der Waals surface area (Å²) in [6.07, 6.45) is 0.822. The van der Waals surface area contributed by atoms with Gasteiger partial charge in [0.1, 0.15) is 10.6 Å². The summed E-state index contributed by atoms with van der Waals surface area (Å²) in [5.41, 5.74) is 1.65. The number of hydrogen-bond donors (Lipinski definition) is 0. The number of nitrogens with zero attached hydrogens (tertiary/aromatic N) is 1. The molecule has 0 radical (unpaired) electrons. The third-order valence-electron chi connectivity index (χ3n) is 2.36. The molecule has 0 saturated carbocycles. The Morgan fingerprint density at radius 3 is 2.47 bits per heavy atom. The summed E-state index contributed by atoms with van der Waals surface area (Å²) in [5, 5.41) is 0. The first-order valence-corrected chi connectivity index (χ1v) is 6.75. The fraction of sp³-hybridized carbons (Fsp3) is 0.571. The molecule has 0 aliphatic heterocycles. The molecular weight excluding hydrogens is 233 g/mol. The fourth-order valence-corrected chi connectivity index (χ4v) is 2.18. The van der Waals surface area contributed by atoms with E-state index in [1.54, 1.807) is 6.07 Å². The van der Waals surface area contributed by atoms with E-state index in [9.17, 15) is 4.39 Å². The summed E-state index contributed by atoms with van der Waals surface area (Å²) < 4.78 is 18.5. The largest absolute Gasteiger partial charge is 0.305 e. The lowest BCUT2D eigenvalue weighted by atomic mass is 10.0. The van der Waals surface area contributed by atoms with Crippen molar-refractivity contribution >= 4 is 11.4 Å². The molecule has 1 aromatic carbocycles. The van der Waals surface area contributed by atoms with Crippen LogP contribution in [0.2, 0.25) is 0 Å². The van der Waals surface area contributed by atoms with Crippen molar-refractivity contribution in [1.29, 1.82) is 0 Å². The minimum atomic E-state index is -0.143. The standard InChI is InChI=1S/C14H21FNS/c1-6-13(16-17-14(3,4)5)11-8-7-10(2)9-12(11)15/h7-9,13H,6H2,1-5H3/q+1/t13-/m0/s1. The van der Waals surface area contributed by atoms with Gasteiger partial charge in [0, 0.05) is 6.42 Å². The predicted molar refractivity (Wildman–Crippen MR) is 74.9 cm³/mol. The van der Waals surface area contributed by atoms with Crippen molar-refractivity contribution < 1.29 is 4.39 Å². The predicted octanol–water partition coefficient (Wildman–Crippen LogP) is 5.41.